The van der Waals surface area contributed by atoms with Crippen LogP contribution in [0.2, 0.25) is 0 Å². The lowest BCUT2D eigenvalue weighted by molar-refractivity contribution is -0.141. The third-order valence-corrected chi connectivity index (χ3v) is 3.03. The molecule has 0 radical (unpaired) electrons. The molecule has 110 valence electrons. The first-order valence-electron chi connectivity index (χ1n) is 7.50. The summed E-state index contributed by atoms with van der Waals surface area (Å²) in [6.45, 7) is 2.46. The Hall–Kier alpha value is -1.15. The first-order chi connectivity index (χ1) is 9.31. The largest absolute Gasteiger partial charge is 0.464 e. The highest BCUT2D eigenvalue weighted by Crippen LogP contribution is 2.10. The van der Waals surface area contributed by atoms with Crippen molar-refractivity contribution >= 4 is 12.0 Å². The minimum Gasteiger partial charge on any atom is -0.464 e. The Morgan fingerprint density at radius 2 is 1.47 bits per heavy atom. The summed E-state index contributed by atoms with van der Waals surface area (Å²) in [5, 5.41) is 0. The molecule has 0 saturated carbocycles. The van der Waals surface area contributed by atoms with Crippen molar-refractivity contribution in [3.63, 3.8) is 0 Å². The smallest absolute Gasteiger partial charge is 0.328 e. The van der Waals surface area contributed by atoms with Crippen LogP contribution in [0.15, 0.2) is 4.99 Å². The molecule has 0 aliphatic heterocycles. The molecule has 19 heavy (non-hydrogen) atoms. The van der Waals surface area contributed by atoms with Crippen molar-refractivity contribution in [1.82, 2.24) is 0 Å². The Morgan fingerprint density at radius 3 is 2.00 bits per heavy atom. The number of hydrogen-bond acceptors (Lipinski definition) is 4. The van der Waals surface area contributed by atoms with Crippen molar-refractivity contribution in [3.8, 4) is 0 Å². The van der Waals surface area contributed by atoms with Crippen molar-refractivity contribution < 1.29 is 14.3 Å². The van der Waals surface area contributed by atoms with Gasteiger partial charge in [0.1, 0.15) is 6.54 Å². The predicted octanol–water partition coefficient (Wildman–Crippen LogP) is 3.79. The molecule has 0 heterocycles. The van der Waals surface area contributed by atoms with Gasteiger partial charge in [0, 0.05) is 0 Å². The van der Waals surface area contributed by atoms with Gasteiger partial charge in [0.15, 0.2) is 0 Å². The Morgan fingerprint density at radius 1 is 0.947 bits per heavy atom. The standard InChI is InChI=1S/C15H27NO3/c1-2-3-4-5-6-7-8-9-10-11-12-19-15(18)13-16-14-17/h2-13H2,1H3. The summed E-state index contributed by atoms with van der Waals surface area (Å²) in [7, 11) is 0. The van der Waals surface area contributed by atoms with Crippen LogP contribution >= 0.6 is 0 Å². The fraction of sp³-hybridized carbons (Fsp3) is 0.867. The van der Waals surface area contributed by atoms with E-state index in [1.807, 2.05) is 0 Å². The van der Waals surface area contributed by atoms with Crippen molar-refractivity contribution in [3.05, 3.63) is 0 Å². The monoisotopic (exact) mass is 269 g/mol. The highest BCUT2D eigenvalue weighted by molar-refractivity contribution is 5.72. The SMILES string of the molecule is CCCCCCCCCCCCOC(=O)CN=C=O. The molecule has 4 heteroatoms. The van der Waals surface area contributed by atoms with Gasteiger partial charge in [-0.2, -0.15) is 4.99 Å². The van der Waals surface area contributed by atoms with Crippen LogP contribution in [0.25, 0.3) is 0 Å². The molecule has 0 aliphatic carbocycles. The zero-order valence-electron chi connectivity index (χ0n) is 12.2. The normalized spacial score (nSPS) is 9.95. The highest BCUT2D eigenvalue weighted by atomic mass is 16.5. The lowest BCUT2D eigenvalue weighted by Gasteiger charge is -2.03. The van der Waals surface area contributed by atoms with E-state index < -0.39 is 5.97 Å². The predicted molar refractivity (Wildman–Crippen MR) is 75.8 cm³/mol. The Balaban J connectivity index is 3.10. The van der Waals surface area contributed by atoms with Crippen LogP contribution in [-0.2, 0) is 14.3 Å². The second-order valence-corrected chi connectivity index (χ2v) is 4.81. The molecular weight excluding hydrogens is 242 g/mol. The number of rotatable bonds is 13. The van der Waals surface area contributed by atoms with Gasteiger partial charge in [0.2, 0.25) is 6.08 Å². The summed E-state index contributed by atoms with van der Waals surface area (Å²) in [6, 6.07) is 0. The van der Waals surface area contributed by atoms with Crippen molar-refractivity contribution in [2.75, 3.05) is 13.2 Å². The molecule has 4 nitrogen and oxygen atoms in total. The molecule has 0 atom stereocenters. The number of hydrogen-bond donors (Lipinski definition) is 0. The minimum absolute atomic E-state index is 0.207. The van der Waals surface area contributed by atoms with Gasteiger partial charge in [0.25, 0.3) is 0 Å². The topological polar surface area (TPSA) is 55.7 Å². The van der Waals surface area contributed by atoms with Crippen LogP contribution in [0.4, 0.5) is 0 Å². The second kappa shape index (κ2) is 14.9. The summed E-state index contributed by atoms with van der Waals surface area (Å²) in [6.07, 6.45) is 13.8. The number of nitrogens with zero attached hydrogens (tertiary/aromatic N) is 1. The van der Waals surface area contributed by atoms with Gasteiger partial charge in [-0.3, -0.25) is 4.79 Å². The molecule has 0 aromatic rings. The van der Waals surface area contributed by atoms with Crippen LogP contribution in [0.1, 0.15) is 71.1 Å². The maximum absolute atomic E-state index is 11.0. The minimum atomic E-state index is -0.445. The quantitative estimate of drug-likeness (QED) is 0.221. The zero-order valence-corrected chi connectivity index (χ0v) is 12.2. The molecule has 0 aliphatic rings. The van der Waals surface area contributed by atoms with E-state index in [2.05, 4.69) is 11.9 Å². The van der Waals surface area contributed by atoms with Crippen molar-refractivity contribution in [2.24, 2.45) is 4.99 Å². The fourth-order valence-corrected chi connectivity index (χ4v) is 1.92. The van der Waals surface area contributed by atoms with Gasteiger partial charge in [-0.05, 0) is 6.42 Å². The van der Waals surface area contributed by atoms with Gasteiger partial charge in [-0.1, -0.05) is 64.7 Å². The molecule has 0 amide bonds. The Kier molecular flexibility index (Phi) is 14.0. The maximum Gasteiger partial charge on any atom is 0.328 e. The van der Waals surface area contributed by atoms with E-state index >= 15 is 0 Å². The number of isocyanates is 1. The summed E-state index contributed by atoms with van der Waals surface area (Å²) in [5.74, 6) is -0.445. The molecular formula is C15H27NO3. The molecule has 0 fully saturated rings. The summed E-state index contributed by atoms with van der Waals surface area (Å²) in [5.41, 5.74) is 0. The lowest BCUT2D eigenvalue weighted by Crippen LogP contribution is -2.08. The van der Waals surface area contributed by atoms with Crippen LogP contribution in [0.5, 0.6) is 0 Å². The zero-order chi connectivity index (χ0) is 14.2. The van der Waals surface area contributed by atoms with Crippen LogP contribution in [0.3, 0.4) is 0 Å². The molecule has 0 bridgehead atoms. The van der Waals surface area contributed by atoms with Gasteiger partial charge in [0.05, 0.1) is 6.61 Å². The average Bonchev–Trinajstić information content (AvgIpc) is 2.42. The molecule has 0 rings (SSSR count). The van der Waals surface area contributed by atoms with Gasteiger partial charge >= 0.3 is 5.97 Å². The van der Waals surface area contributed by atoms with E-state index in [0.29, 0.717) is 6.61 Å². The van der Waals surface area contributed by atoms with Crippen LogP contribution in [0, 0.1) is 0 Å². The Bertz CT molecular complexity index is 260. The number of aliphatic imine (C=N–C) groups is 1. The van der Waals surface area contributed by atoms with E-state index in [4.69, 9.17) is 4.74 Å². The average molecular weight is 269 g/mol. The second-order valence-electron chi connectivity index (χ2n) is 4.81. The molecule has 0 saturated heterocycles. The van der Waals surface area contributed by atoms with Gasteiger partial charge < -0.3 is 4.74 Å². The van der Waals surface area contributed by atoms with E-state index in [1.165, 1.54) is 57.4 Å². The summed E-state index contributed by atoms with van der Waals surface area (Å²) >= 11 is 0. The van der Waals surface area contributed by atoms with E-state index in [1.54, 1.807) is 0 Å². The molecule has 0 N–H and O–H groups in total. The molecule has 0 aromatic heterocycles. The molecule has 0 unspecified atom stereocenters. The summed E-state index contributed by atoms with van der Waals surface area (Å²) in [4.78, 5) is 23.9. The number of carbonyl (C=O) groups is 1. The van der Waals surface area contributed by atoms with Crippen LogP contribution < -0.4 is 0 Å². The first kappa shape index (κ1) is 17.8. The maximum atomic E-state index is 11.0. The number of carbonyl (C=O) groups excluding carboxylic acids is 2. The number of unbranched alkanes of at least 4 members (excludes halogenated alkanes) is 9. The van der Waals surface area contributed by atoms with Gasteiger partial charge in [-0.15, -0.1) is 0 Å². The lowest BCUT2D eigenvalue weighted by atomic mass is 10.1. The van der Waals surface area contributed by atoms with Crippen LogP contribution in [-0.4, -0.2) is 25.2 Å². The number of esters is 1. The fourth-order valence-electron chi connectivity index (χ4n) is 1.92. The first-order valence-corrected chi connectivity index (χ1v) is 7.50. The third kappa shape index (κ3) is 14.8. The van der Waals surface area contributed by atoms with Crippen molar-refractivity contribution in [2.45, 2.75) is 71.1 Å². The summed E-state index contributed by atoms with van der Waals surface area (Å²) < 4.78 is 4.90. The van der Waals surface area contributed by atoms with E-state index in [0.717, 1.165) is 12.8 Å². The molecule has 0 aromatic carbocycles. The molecule has 0 spiro atoms. The third-order valence-electron chi connectivity index (χ3n) is 3.03. The van der Waals surface area contributed by atoms with E-state index in [9.17, 15) is 9.59 Å². The van der Waals surface area contributed by atoms with Gasteiger partial charge in [-0.25, -0.2) is 4.79 Å². The Labute approximate surface area is 116 Å². The number of ether oxygens (including phenoxy) is 1. The van der Waals surface area contributed by atoms with Crippen molar-refractivity contribution in [1.29, 1.82) is 0 Å². The van der Waals surface area contributed by atoms with E-state index in [-0.39, 0.29) is 6.54 Å². The highest BCUT2D eigenvalue weighted by Gasteiger charge is 2.00.